The molecule has 4 nitrogen and oxygen atoms in total. The molecule has 0 unspecified atom stereocenters. The summed E-state index contributed by atoms with van der Waals surface area (Å²) in [5.41, 5.74) is 0.829. The SMILES string of the molecule is COc1ccc(S(=O)(=O)N[C@H](C)c2ccccc2)cc1F. The van der Waals surface area contributed by atoms with E-state index < -0.39 is 21.9 Å². The Morgan fingerprint density at radius 3 is 2.38 bits per heavy atom. The zero-order valence-electron chi connectivity index (χ0n) is 11.7. The van der Waals surface area contributed by atoms with Gasteiger partial charge in [0.2, 0.25) is 10.0 Å². The second-order valence-electron chi connectivity index (χ2n) is 4.55. The Morgan fingerprint density at radius 2 is 1.81 bits per heavy atom. The Bertz CT molecular complexity index is 717. The van der Waals surface area contributed by atoms with Crippen molar-refractivity contribution in [3.63, 3.8) is 0 Å². The molecule has 21 heavy (non-hydrogen) atoms. The van der Waals surface area contributed by atoms with Gasteiger partial charge in [0, 0.05) is 6.04 Å². The third-order valence-corrected chi connectivity index (χ3v) is 4.60. The van der Waals surface area contributed by atoms with Crippen LogP contribution in [0.5, 0.6) is 5.75 Å². The molecule has 0 amide bonds. The van der Waals surface area contributed by atoms with Crippen molar-refractivity contribution in [3.8, 4) is 5.75 Å². The number of sulfonamides is 1. The Kier molecular flexibility index (Phi) is 4.59. The summed E-state index contributed by atoms with van der Waals surface area (Å²) in [6, 6.07) is 12.3. The van der Waals surface area contributed by atoms with Crippen LogP contribution < -0.4 is 9.46 Å². The normalized spacial score (nSPS) is 12.9. The third-order valence-electron chi connectivity index (χ3n) is 3.07. The van der Waals surface area contributed by atoms with E-state index >= 15 is 0 Å². The predicted molar refractivity (Wildman–Crippen MR) is 78.1 cm³/mol. The van der Waals surface area contributed by atoms with Crippen molar-refractivity contribution < 1.29 is 17.5 Å². The number of halogens is 1. The van der Waals surface area contributed by atoms with Gasteiger partial charge in [-0.05, 0) is 30.7 Å². The highest BCUT2D eigenvalue weighted by Crippen LogP contribution is 2.22. The third kappa shape index (κ3) is 3.59. The van der Waals surface area contributed by atoms with Crippen LogP contribution in [0.1, 0.15) is 18.5 Å². The van der Waals surface area contributed by atoms with E-state index in [9.17, 15) is 12.8 Å². The van der Waals surface area contributed by atoms with Crippen LogP contribution >= 0.6 is 0 Å². The number of hydrogen-bond donors (Lipinski definition) is 1. The van der Waals surface area contributed by atoms with E-state index in [1.807, 2.05) is 30.3 Å². The van der Waals surface area contributed by atoms with Gasteiger partial charge in [0.1, 0.15) is 0 Å². The molecule has 0 saturated heterocycles. The molecule has 0 radical (unpaired) electrons. The zero-order chi connectivity index (χ0) is 15.5. The van der Waals surface area contributed by atoms with E-state index in [1.165, 1.54) is 19.2 Å². The van der Waals surface area contributed by atoms with Crippen LogP contribution in [-0.4, -0.2) is 15.5 Å². The van der Waals surface area contributed by atoms with Crippen molar-refractivity contribution in [2.45, 2.75) is 17.9 Å². The van der Waals surface area contributed by atoms with Crippen molar-refractivity contribution in [1.29, 1.82) is 0 Å². The van der Waals surface area contributed by atoms with Gasteiger partial charge in [-0.25, -0.2) is 17.5 Å². The van der Waals surface area contributed by atoms with Gasteiger partial charge in [0.05, 0.1) is 12.0 Å². The first-order valence-electron chi connectivity index (χ1n) is 6.35. The number of rotatable bonds is 5. The quantitative estimate of drug-likeness (QED) is 0.924. The highest BCUT2D eigenvalue weighted by molar-refractivity contribution is 7.89. The molecule has 2 aromatic rings. The number of nitrogens with one attached hydrogen (secondary N) is 1. The first-order valence-corrected chi connectivity index (χ1v) is 7.83. The molecule has 2 rings (SSSR count). The number of ether oxygens (including phenoxy) is 1. The molecule has 0 fully saturated rings. The van der Waals surface area contributed by atoms with Crippen molar-refractivity contribution >= 4 is 10.0 Å². The van der Waals surface area contributed by atoms with Crippen LogP contribution in [0.15, 0.2) is 53.4 Å². The monoisotopic (exact) mass is 309 g/mol. The average molecular weight is 309 g/mol. The van der Waals surface area contributed by atoms with Crippen molar-refractivity contribution in [1.82, 2.24) is 4.72 Å². The Labute approximate surface area is 123 Å². The van der Waals surface area contributed by atoms with E-state index in [2.05, 4.69) is 4.72 Å². The number of hydrogen-bond acceptors (Lipinski definition) is 3. The van der Waals surface area contributed by atoms with Crippen LogP contribution in [-0.2, 0) is 10.0 Å². The molecule has 0 saturated carbocycles. The molecule has 6 heteroatoms. The Balaban J connectivity index is 2.24. The zero-order valence-corrected chi connectivity index (χ0v) is 12.5. The topological polar surface area (TPSA) is 55.4 Å². The molecule has 1 N–H and O–H groups in total. The number of methoxy groups -OCH3 is 1. The lowest BCUT2D eigenvalue weighted by Crippen LogP contribution is -2.27. The molecule has 2 aromatic carbocycles. The van der Waals surface area contributed by atoms with Gasteiger partial charge in [-0.15, -0.1) is 0 Å². The Morgan fingerprint density at radius 1 is 1.14 bits per heavy atom. The maximum absolute atomic E-state index is 13.6. The van der Waals surface area contributed by atoms with E-state index in [1.54, 1.807) is 6.92 Å². The molecule has 0 aromatic heterocycles. The van der Waals surface area contributed by atoms with Crippen LogP contribution in [0.25, 0.3) is 0 Å². The first kappa shape index (κ1) is 15.5. The summed E-state index contributed by atoms with van der Waals surface area (Å²) < 4.78 is 45.4. The van der Waals surface area contributed by atoms with Crippen LogP contribution in [0.3, 0.4) is 0 Å². The highest BCUT2D eigenvalue weighted by atomic mass is 32.2. The molecule has 0 aliphatic rings. The van der Waals surface area contributed by atoms with Gasteiger partial charge in [0.25, 0.3) is 0 Å². The van der Waals surface area contributed by atoms with Gasteiger partial charge in [-0.3, -0.25) is 0 Å². The summed E-state index contributed by atoms with van der Waals surface area (Å²) in [7, 11) is -2.48. The number of benzene rings is 2. The van der Waals surface area contributed by atoms with E-state index in [0.717, 1.165) is 11.6 Å². The second kappa shape index (κ2) is 6.24. The van der Waals surface area contributed by atoms with Crippen LogP contribution in [0, 0.1) is 5.82 Å². The smallest absolute Gasteiger partial charge is 0.241 e. The minimum Gasteiger partial charge on any atom is -0.494 e. The fourth-order valence-corrected chi connectivity index (χ4v) is 3.17. The Hall–Kier alpha value is -1.92. The van der Waals surface area contributed by atoms with E-state index in [4.69, 9.17) is 4.74 Å². The summed E-state index contributed by atoms with van der Waals surface area (Å²) in [4.78, 5) is -0.136. The minimum absolute atomic E-state index is 0.00468. The fraction of sp³-hybridized carbons (Fsp3) is 0.200. The molecule has 112 valence electrons. The lowest BCUT2D eigenvalue weighted by atomic mass is 10.1. The summed E-state index contributed by atoms with van der Waals surface area (Å²) in [6.45, 7) is 1.73. The van der Waals surface area contributed by atoms with Crippen molar-refractivity contribution in [2.24, 2.45) is 0 Å². The van der Waals surface area contributed by atoms with Crippen molar-refractivity contribution in [3.05, 3.63) is 59.9 Å². The van der Waals surface area contributed by atoms with Crippen LogP contribution in [0.2, 0.25) is 0 Å². The highest BCUT2D eigenvalue weighted by Gasteiger charge is 2.19. The minimum atomic E-state index is -3.80. The van der Waals surface area contributed by atoms with Gasteiger partial charge in [-0.1, -0.05) is 30.3 Å². The summed E-state index contributed by atoms with van der Waals surface area (Å²) >= 11 is 0. The maximum atomic E-state index is 13.6. The van der Waals surface area contributed by atoms with Crippen LogP contribution in [0.4, 0.5) is 4.39 Å². The van der Waals surface area contributed by atoms with Gasteiger partial charge < -0.3 is 4.74 Å². The second-order valence-corrected chi connectivity index (χ2v) is 6.26. The molecule has 0 aliphatic carbocycles. The molecule has 0 spiro atoms. The molecule has 0 heterocycles. The standard InChI is InChI=1S/C15H16FNO3S/c1-11(12-6-4-3-5-7-12)17-21(18,19)13-8-9-15(20-2)14(16)10-13/h3-11,17H,1-2H3/t11-/m1/s1. The average Bonchev–Trinajstić information content (AvgIpc) is 2.47. The van der Waals surface area contributed by atoms with Gasteiger partial charge in [-0.2, -0.15) is 0 Å². The maximum Gasteiger partial charge on any atom is 0.241 e. The largest absolute Gasteiger partial charge is 0.494 e. The molecular weight excluding hydrogens is 293 g/mol. The van der Waals surface area contributed by atoms with E-state index in [0.29, 0.717) is 0 Å². The molecule has 0 aliphatic heterocycles. The first-order chi connectivity index (χ1) is 9.94. The molecule has 1 atom stereocenters. The lowest BCUT2D eigenvalue weighted by Gasteiger charge is -2.15. The summed E-state index contributed by atoms with van der Waals surface area (Å²) in [5.74, 6) is -0.710. The fourth-order valence-electron chi connectivity index (χ4n) is 1.92. The predicted octanol–water partition coefficient (Wildman–Crippen LogP) is 2.87. The lowest BCUT2D eigenvalue weighted by molar-refractivity contribution is 0.385. The van der Waals surface area contributed by atoms with Gasteiger partial charge in [0.15, 0.2) is 11.6 Å². The summed E-state index contributed by atoms with van der Waals surface area (Å²) in [5, 5.41) is 0. The van der Waals surface area contributed by atoms with E-state index in [-0.39, 0.29) is 10.6 Å². The molecule has 0 bridgehead atoms. The molecular formula is C15H16FNO3S. The van der Waals surface area contributed by atoms with Crippen molar-refractivity contribution in [2.75, 3.05) is 7.11 Å². The van der Waals surface area contributed by atoms with Gasteiger partial charge >= 0.3 is 0 Å². The summed E-state index contributed by atoms with van der Waals surface area (Å²) in [6.07, 6.45) is 0.